The Kier molecular flexibility index (Phi) is 4.94. The molecule has 27 heavy (non-hydrogen) atoms. The number of anilines is 2. The molecule has 1 atom stereocenters. The number of rotatable bonds is 5. The first-order valence-electron chi connectivity index (χ1n) is 9.26. The lowest BCUT2D eigenvalue weighted by Gasteiger charge is -2.35. The van der Waals surface area contributed by atoms with Crippen molar-refractivity contribution in [3.8, 4) is 0 Å². The van der Waals surface area contributed by atoms with Crippen LogP contribution in [0.3, 0.4) is 0 Å². The number of benzene rings is 1. The van der Waals surface area contributed by atoms with Gasteiger partial charge in [0.05, 0.1) is 19.2 Å². The number of hydrogen-bond acceptors (Lipinski definition) is 6. The highest BCUT2D eigenvalue weighted by Crippen LogP contribution is 2.27. The van der Waals surface area contributed by atoms with Crippen LogP contribution in [0.4, 0.5) is 16.0 Å². The first-order chi connectivity index (χ1) is 13.2. The molecule has 3 heterocycles. The average Bonchev–Trinajstić information content (AvgIpc) is 3.02. The first-order valence-corrected chi connectivity index (χ1v) is 9.26. The first kappa shape index (κ1) is 17.7. The Balaban J connectivity index is 1.51. The molecule has 1 unspecified atom stereocenters. The fraction of sp³-hybridized carbons (Fsp3) is 0.400. The van der Waals surface area contributed by atoms with E-state index in [9.17, 15) is 9.50 Å². The summed E-state index contributed by atoms with van der Waals surface area (Å²) in [5.74, 6) is 1.98. The molecule has 0 amide bonds. The van der Waals surface area contributed by atoms with Gasteiger partial charge in [-0.05, 0) is 44.4 Å². The molecule has 4 rings (SSSR count). The Hall–Kier alpha value is -2.67. The molecule has 6 nitrogen and oxygen atoms in total. The van der Waals surface area contributed by atoms with Crippen molar-refractivity contribution in [2.45, 2.75) is 38.8 Å². The van der Waals surface area contributed by atoms with Crippen LogP contribution in [0.1, 0.15) is 30.6 Å². The summed E-state index contributed by atoms with van der Waals surface area (Å²) < 4.78 is 19.3. The summed E-state index contributed by atoms with van der Waals surface area (Å²) in [6, 6.07) is 6.54. The molecule has 142 valence electrons. The zero-order valence-electron chi connectivity index (χ0n) is 15.3. The van der Waals surface area contributed by atoms with Gasteiger partial charge < -0.3 is 19.7 Å². The third kappa shape index (κ3) is 3.60. The van der Waals surface area contributed by atoms with Crippen LogP contribution in [0.5, 0.6) is 0 Å². The van der Waals surface area contributed by atoms with E-state index in [1.54, 1.807) is 6.07 Å². The van der Waals surface area contributed by atoms with Gasteiger partial charge in [-0.15, -0.1) is 0 Å². The molecule has 0 bridgehead atoms. The van der Waals surface area contributed by atoms with E-state index in [1.165, 1.54) is 18.5 Å². The monoisotopic (exact) mass is 370 g/mol. The van der Waals surface area contributed by atoms with Gasteiger partial charge in [0.1, 0.15) is 35.1 Å². The number of piperidine rings is 1. The number of nitrogens with zero attached hydrogens (tertiary/aromatic N) is 3. The third-order valence-corrected chi connectivity index (χ3v) is 5.21. The van der Waals surface area contributed by atoms with E-state index in [1.807, 2.05) is 13.0 Å². The predicted octanol–water partition coefficient (Wildman–Crippen LogP) is 3.63. The van der Waals surface area contributed by atoms with Crippen molar-refractivity contribution in [3.63, 3.8) is 0 Å². The second-order valence-corrected chi connectivity index (χ2v) is 6.93. The maximum absolute atomic E-state index is 13.5. The highest BCUT2D eigenvalue weighted by Gasteiger charge is 2.23. The molecule has 2 N–H and O–H groups in total. The van der Waals surface area contributed by atoms with Gasteiger partial charge >= 0.3 is 0 Å². The summed E-state index contributed by atoms with van der Waals surface area (Å²) in [5.41, 5.74) is 1.59. The lowest BCUT2D eigenvalue weighted by Crippen LogP contribution is -2.42. The van der Waals surface area contributed by atoms with Crippen molar-refractivity contribution in [2.24, 2.45) is 0 Å². The van der Waals surface area contributed by atoms with E-state index >= 15 is 0 Å². The Morgan fingerprint density at radius 1 is 1.30 bits per heavy atom. The maximum atomic E-state index is 13.5. The van der Waals surface area contributed by atoms with Gasteiger partial charge in [-0.1, -0.05) is 0 Å². The summed E-state index contributed by atoms with van der Waals surface area (Å²) >= 11 is 0. The molecule has 1 aliphatic rings. The molecule has 0 spiro atoms. The van der Waals surface area contributed by atoms with Crippen LogP contribution >= 0.6 is 0 Å². The number of aromatic nitrogens is 2. The molecule has 1 aromatic carbocycles. The minimum Gasteiger partial charge on any atom is -0.459 e. The predicted molar refractivity (Wildman–Crippen MR) is 102 cm³/mol. The zero-order chi connectivity index (χ0) is 18.8. The summed E-state index contributed by atoms with van der Waals surface area (Å²) in [5, 5.41) is 13.7. The molecule has 7 heteroatoms. The van der Waals surface area contributed by atoms with Gasteiger partial charge in [-0.3, -0.25) is 0 Å². The lowest BCUT2D eigenvalue weighted by molar-refractivity contribution is 0.239. The number of aliphatic hydroxyl groups excluding tert-OH is 1. The maximum Gasteiger partial charge on any atom is 0.134 e. The number of aryl methyl sites for hydroxylation is 1. The number of aliphatic hydroxyl groups is 1. The summed E-state index contributed by atoms with van der Waals surface area (Å²) in [7, 11) is 0. The second kappa shape index (κ2) is 7.52. The topological polar surface area (TPSA) is 74.4 Å². The van der Waals surface area contributed by atoms with Crippen LogP contribution in [0.15, 0.2) is 35.0 Å². The average molecular weight is 370 g/mol. The van der Waals surface area contributed by atoms with Crippen LogP contribution in [0, 0.1) is 12.7 Å². The number of hydrogen-bond donors (Lipinski definition) is 2. The van der Waals surface area contributed by atoms with E-state index in [0.29, 0.717) is 17.9 Å². The van der Waals surface area contributed by atoms with Crippen LogP contribution in [-0.4, -0.2) is 34.3 Å². The molecule has 0 aliphatic carbocycles. The van der Waals surface area contributed by atoms with Crippen molar-refractivity contribution >= 4 is 22.6 Å². The van der Waals surface area contributed by atoms with Crippen molar-refractivity contribution in [2.75, 3.05) is 23.4 Å². The fourth-order valence-electron chi connectivity index (χ4n) is 3.68. The number of fused-ring (bicyclic) bond motifs is 1. The van der Waals surface area contributed by atoms with Gasteiger partial charge in [-0.25, -0.2) is 14.4 Å². The largest absolute Gasteiger partial charge is 0.459 e. The standard InChI is InChI=1S/C20H23FN4O2/c1-13-16-8-14(21)5-6-17(16)27-18(13)10-22-19-9-20(24-12-23-19)25-7-3-2-4-15(25)11-26/h5-6,8-9,12,15,26H,2-4,7,10-11H2,1H3,(H,22,23,24). The Labute approximate surface area is 157 Å². The Morgan fingerprint density at radius 3 is 3.04 bits per heavy atom. The van der Waals surface area contributed by atoms with Crippen molar-refractivity contribution in [1.82, 2.24) is 9.97 Å². The summed E-state index contributed by atoms with van der Waals surface area (Å²) in [4.78, 5) is 10.8. The van der Waals surface area contributed by atoms with Crippen LogP contribution in [0.25, 0.3) is 11.0 Å². The molecule has 1 saturated heterocycles. The number of nitrogens with one attached hydrogen (secondary N) is 1. The molecule has 2 aromatic heterocycles. The van der Waals surface area contributed by atoms with Crippen LogP contribution in [-0.2, 0) is 6.54 Å². The minimum absolute atomic E-state index is 0.106. The van der Waals surface area contributed by atoms with Crippen LogP contribution in [0.2, 0.25) is 0 Å². The van der Waals surface area contributed by atoms with Gasteiger partial charge in [0.15, 0.2) is 0 Å². The normalized spacial score (nSPS) is 17.4. The Bertz CT molecular complexity index is 943. The highest BCUT2D eigenvalue weighted by atomic mass is 19.1. The summed E-state index contributed by atoms with van der Waals surface area (Å²) in [6.07, 6.45) is 4.72. The smallest absolute Gasteiger partial charge is 0.134 e. The lowest BCUT2D eigenvalue weighted by atomic mass is 10.0. The van der Waals surface area contributed by atoms with Gasteiger partial charge in [0, 0.05) is 23.6 Å². The van der Waals surface area contributed by atoms with Crippen molar-refractivity contribution in [3.05, 3.63) is 47.7 Å². The zero-order valence-corrected chi connectivity index (χ0v) is 15.3. The molecular weight excluding hydrogens is 347 g/mol. The van der Waals surface area contributed by atoms with E-state index in [0.717, 1.165) is 48.3 Å². The third-order valence-electron chi connectivity index (χ3n) is 5.21. The van der Waals surface area contributed by atoms with Gasteiger partial charge in [-0.2, -0.15) is 0 Å². The van der Waals surface area contributed by atoms with E-state index in [4.69, 9.17) is 4.42 Å². The van der Waals surface area contributed by atoms with E-state index in [-0.39, 0.29) is 18.5 Å². The summed E-state index contributed by atoms with van der Waals surface area (Å²) in [6.45, 7) is 3.38. The molecule has 1 fully saturated rings. The Morgan fingerprint density at radius 2 is 2.19 bits per heavy atom. The van der Waals surface area contributed by atoms with Gasteiger partial charge in [0.25, 0.3) is 0 Å². The molecule has 0 saturated carbocycles. The number of halogens is 1. The SMILES string of the molecule is Cc1c(CNc2cc(N3CCCCC3CO)ncn2)oc2ccc(F)cc12. The molecule has 1 aliphatic heterocycles. The highest BCUT2D eigenvalue weighted by molar-refractivity contribution is 5.82. The van der Waals surface area contributed by atoms with Crippen molar-refractivity contribution < 1.29 is 13.9 Å². The van der Waals surface area contributed by atoms with E-state index < -0.39 is 0 Å². The molecule has 0 radical (unpaired) electrons. The molecular formula is C20H23FN4O2. The van der Waals surface area contributed by atoms with Crippen LogP contribution < -0.4 is 10.2 Å². The fourth-order valence-corrected chi connectivity index (χ4v) is 3.68. The van der Waals surface area contributed by atoms with Crippen molar-refractivity contribution in [1.29, 1.82) is 0 Å². The second-order valence-electron chi connectivity index (χ2n) is 6.93. The molecule has 3 aromatic rings. The van der Waals surface area contributed by atoms with E-state index in [2.05, 4.69) is 20.2 Å². The van der Waals surface area contributed by atoms with Gasteiger partial charge in [0.2, 0.25) is 0 Å². The number of furan rings is 1. The quantitative estimate of drug-likeness (QED) is 0.714. The minimum atomic E-state index is -0.272.